The maximum absolute atomic E-state index is 13.4. The van der Waals surface area contributed by atoms with E-state index in [2.05, 4.69) is 41.6 Å². The molecule has 1 unspecified atom stereocenters. The molecular formula is C17H16FN3. The smallest absolute Gasteiger partial charge is 0.132 e. The molecule has 4 rings (SSSR count). The zero-order chi connectivity index (χ0) is 14.4. The minimum Gasteiger partial charge on any atom is -0.370 e. The summed E-state index contributed by atoms with van der Waals surface area (Å²) in [4.78, 5) is 0. The van der Waals surface area contributed by atoms with Crippen LogP contribution in [0.4, 0.5) is 10.2 Å². The van der Waals surface area contributed by atoms with Crippen LogP contribution in [0.5, 0.6) is 0 Å². The number of aryl methyl sites for hydroxylation is 1. The van der Waals surface area contributed by atoms with Gasteiger partial charge in [-0.3, -0.25) is 0 Å². The van der Waals surface area contributed by atoms with Crippen molar-refractivity contribution in [1.29, 1.82) is 0 Å². The van der Waals surface area contributed by atoms with Gasteiger partial charge in [-0.25, -0.2) is 9.07 Å². The van der Waals surface area contributed by atoms with Gasteiger partial charge in [0.15, 0.2) is 0 Å². The number of halogens is 1. The fourth-order valence-electron chi connectivity index (χ4n) is 3.18. The highest BCUT2D eigenvalue weighted by Gasteiger charge is 2.25. The molecule has 1 aliphatic rings. The third kappa shape index (κ3) is 1.90. The van der Waals surface area contributed by atoms with Crippen molar-refractivity contribution in [2.24, 2.45) is 0 Å². The molecule has 2 aromatic carbocycles. The van der Waals surface area contributed by atoms with Crippen LogP contribution < -0.4 is 5.32 Å². The Kier molecular flexibility index (Phi) is 2.70. The predicted molar refractivity (Wildman–Crippen MR) is 82.1 cm³/mol. The molecule has 1 aliphatic heterocycles. The standard InChI is InChI=1S/C17H16FN3/c1-11-4-2-3-5-13(11)16-8-9-19-17-14-7-6-12(18)10-15(14)20-21(16)17/h2-7,10,16,19H,8-9H2,1H3. The molecule has 1 aromatic heterocycles. The summed E-state index contributed by atoms with van der Waals surface area (Å²) in [6.07, 6.45) is 0.980. The number of rotatable bonds is 1. The molecule has 3 nitrogen and oxygen atoms in total. The van der Waals surface area contributed by atoms with E-state index < -0.39 is 0 Å². The van der Waals surface area contributed by atoms with Crippen LogP contribution in [-0.4, -0.2) is 16.3 Å². The highest BCUT2D eigenvalue weighted by atomic mass is 19.1. The third-order valence-corrected chi connectivity index (χ3v) is 4.21. The molecule has 21 heavy (non-hydrogen) atoms. The fraction of sp³-hybridized carbons (Fsp3) is 0.235. The summed E-state index contributed by atoms with van der Waals surface area (Å²) < 4.78 is 15.4. The molecular weight excluding hydrogens is 265 g/mol. The van der Waals surface area contributed by atoms with Gasteiger partial charge in [-0.1, -0.05) is 24.3 Å². The first-order chi connectivity index (χ1) is 10.2. The molecule has 0 bridgehead atoms. The van der Waals surface area contributed by atoms with Crippen molar-refractivity contribution in [3.05, 3.63) is 59.4 Å². The third-order valence-electron chi connectivity index (χ3n) is 4.21. The van der Waals surface area contributed by atoms with Gasteiger partial charge in [0.05, 0.1) is 11.6 Å². The van der Waals surface area contributed by atoms with Crippen molar-refractivity contribution in [2.75, 3.05) is 11.9 Å². The maximum atomic E-state index is 13.4. The summed E-state index contributed by atoms with van der Waals surface area (Å²) >= 11 is 0. The molecule has 3 aromatic rings. The Morgan fingerprint density at radius 3 is 2.95 bits per heavy atom. The van der Waals surface area contributed by atoms with Gasteiger partial charge in [0.2, 0.25) is 0 Å². The summed E-state index contributed by atoms with van der Waals surface area (Å²) in [5.74, 6) is 0.745. The van der Waals surface area contributed by atoms with Crippen LogP contribution in [-0.2, 0) is 0 Å². The molecule has 0 amide bonds. The van der Waals surface area contributed by atoms with Crippen LogP contribution in [0.1, 0.15) is 23.6 Å². The van der Waals surface area contributed by atoms with Gasteiger partial charge in [-0.05, 0) is 36.6 Å². The summed E-state index contributed by atoms with van der Waals surface area (Å²) in [6.45, 7) is 3.02. The quantitative estimate of drug-likeness (QED) is 0.733. The Morgan fingerprint density at radius 1 is 1.24 bits per heavy atom. The van der Waals surface area contributed by atoms with E-state index in [4.69, 9.17) is 0 Å². The van der Waals surface area contributed by atoms with E-state index in [1.165, 1.54) is 23.3 Å². The summed E-state index contributed by atoms with van der Waals surface area (Å²) in [7, 11) is 0. The van der Waals surface area contributed by atoms with Crippen molar-refractivity contribution in [3.63, 3.8) is 0 Å². The van der Waals surface area contributed by atoms with Gasteiger partial charge in [-0.15, -0.1) is 0 Å². The van der Waals surface area contributed by atoms with Gasteiger partial charge in [-0.2, -0.15) is 5.10 Å². The van der Waals surface area contributed by atoms with Crippen molar-refractivity contribution in [2.45, 2.75) is 19.4 Å². The molecule has 2 heterocycles. The van der Waals surface area contributed by atoms with Crippen LogP contribution in [0.2, 0.25) is 0 Å². The van der Waals surface area contributed by atoms with Crippen LogP contribution in [0, 0.1) is 12.7 Å². The number of nitrogens with one attached hydrogen (secondary N) is 1. The highest BCUT2D eigenvalue weighted by Crippen LogP contribution is 2.35. The van der Waals surface area contributed by atoms with Crippen molar-refractivity contribution < 1.29 is 4.39 Å². The van der Waals surface area contributed by atoms with Gasteiger partial charge >= 0.3 is 0 Å². The lowest BCUT2D eigenvalue weighted by molar-refractivity contribution is 0.484. The number of fused-ring (bicyclic) bond motifs is 3. The van der Waals surface area contributed by atoms with Crippen LogP contribution in [0.15, 0.2) is 42.5 Å². The zero-order valence-electron chi connectivity index (χ0n) is 11.8. The molecule has 0 radical (unpaired) electrons. The molecule has 0 fully saturated rings. The summed E-state index contributed by atoms with van der Waals surface area (Å²) in [5, 5.41) is 9.01. The van der Waals surface area contributed by atoms with Crippen molar-refractivity contribution >= 4 is 16.7 Å². The minimum absolute atomic E-state index is 0.206. The first kappa shape index (κ1) is 12.4. The van der Waals surface area contributed by atoms with Gasteiger partial charge < -0.3 is 5.32 Å². The van der Waals surface area contributed by atoms with Gasteiger partial charge in [0.1, 0.15) is 11.6 Å². The van der Waals surface area contributed by atoms with E-state index in [9.17, 15) is 4.39 Å². The average molecular weight is 281 g/mol. The Balaban J connectivity index is 1.92. The Hall–Kier alpha value is -2.36. The lowest BCUT2D eigenvalue weighted by Crippen LogP contribution is -2.24. The zero-order valence-corrected chi connectivity index (χ0v) is 11.8. The van der Waals surface area contributed by atoms with Crippen LogP contribution >= 0.6 is 0 Å². The number of anilines is 1. The lowest BCUT2D eigenvalue weighted by atomic mass is 9.98. The van der Waals surface area contributed by atoms with Crippen molar-refractivity contribution in [1.82, 2.24) is 9.78 Å². The lowest BCUT2D eigenvalue weighted by Gasteiger charge is -2.27. The fourth-order valence-corrected chi connectivity index (χ4v) is 3.18. The van der Waals surface area contributed by atoms with Gasteiger partial charge in [0, 0.05) is 18.0 Å². The normalized spacial score (nSPS) is 17.5. The number of hydrogen-bond acceptors (Lipinski definition) is 2. The van der Waals surface area contributed by atoms with Crippen LogP contribution in [0.3, 0.4) is 0 Å². The summed E-state index contributed by atoms with van der Waals surface area (Å²) in [6, 6.07) is 13.4. The second-order valence-electron chi connectivity index (χ2n) is 5.54. The minimum atomic E-state index is -0.245. The number of benzene rings is 2. The molecule has 1 atom stereocenters. The van der Waals surface area contributed by atoms with E-state index >= 15 is 0 Å². The van der Waals surface area contributed by atoms with Crippen LogP contribution in [0.25, 0.3) is 10.9 Å². The van der Waals surface area contributed by atoms with Crippen molar-refractivity contribution in [3.8, 4) is 0 Å². The second kappa shape index (κ2) is 4.58. The van der Waals surface area contributed by atoms with E-state index in [1.54, 1.807) is 6.07 Å². The molecule has 106 valence electrons. The molecule has 1 N–H and O–H groups in total. The number of hydrogen-bond donors (Lipinski definition) is 1. The van der Waals surface area contributed by atoms with E-state index in [0.717, 1.165) is 24.2 Å². The van der Waals surface area contributed by atoms with E-state index in [0.29, 0.717) is 5.52 Å². The monoisotopic (exact) mass is 281 g/mol. The molecule has 0 saturated heterocycles. The first-order valence-corrected chi connectivity index (χ1v) is 7.21. The molecule has 4 heteroatoms. The Labute approximate surface area is 122 Å². The molecule has 0 aliphatic carbocycles. The number of nitrogens with zero attached hydrogens (tertiary/aromatic N) is 2. The highest BCUT2D eigenvalue weighted by molar-refractivity contribution is 5.90. The largest absolute Gasteiger partial charge is 0.370 e. The molecule has 0 spiro atoms. The first-order valence-electron chi connectivity index (χ1n) is 7.21. The Bertz CT molecular complexity index is 822. The second-order valence-corrected chi connectivity index (χ2v) is 5.54. The average Bonchev–Trinajstić information content (AvgIpc) is 2.85. The number of aromatic nitrogens is 2. The SMILES string of the molecule is Cc1ccccc1C1CCNc2c3ccc(F)cc3nn21. The van der Waals surface area contributed by atoms with Gasteiger partial charge in [0.25, 0.3) is 0 Å². The predicted octanol–water partition coefficient (Wildman–Crippen LogP) is 3.89. The summed E-state index contributed by atoms with van der Waals surface area (Å²) in [5.41, 5.74) is 3.26. The topological polar surface area (TPSA) is 29.9 Å². The molecule has 0 saturated carbocycles. The van der Waals surface area contributed by atoms with E-state index in [1.807, 2.05) is 4.68 Å². The maximum Gasteiger partial charge on any atom is 0.132 e. The van der Waals surface area contributed by atoms with E-state index in [-0.39, 0.29) is 11.9 Å². The Morgan fingerprint density at radius 2 is 2.10 bits per heavy atom.